The summed E-state index contributed by atoms with van der Waals surface area (Å²) < 4.78 is 0. The third kappa shape index (κ3) is 6.57. The van der Waals surface area contributed by atoms with Crippen molar-refractivity contribution >= 4 is 11.8 Å². The minimum absolute atomic E-state index is 0.105. The summed E-state index contributed by atoms with van der Waals surface area (Å²) in [6, 6.07) is -0.223. The molecule has 1 rings (SSSR count). The SMILES string of the molecule is CCCNC(=O)CC(NC1CCCCCC1)C(N)=O. The van der Waals surface area contributed by atoms with Crippen molar-refractivity contribution in [2.75, 3.05) is 6.54 Å². The predicted octanol–water partition coefficient (Wildman–Crippen LogP) is 1.07. The molecule has 0 spiro atoms. The summed E-state index contributed by atoms with van der Waals surface area (Å²) in [6.07, 6.45) is 8.07. The molecule has 0 radical (unpaired) electrons. The summed E-state index contributed by atoms with van der Waals surface area (Å²) in [4.78, 5) is 23.1. The van der Waals surface area contributed by atoms with Gasteiger partial charge in [0.2, 0.25) is 11.8 Å². The van der Waals surface area contributed by atoms with Gasteiger partial charge < -0.3 is 16.4 Å². The standard InChI is InChI=1S/C14H27N3O2/c1-2-9-16-13(18)10-12(14(15)19)17-11-7-5-3-4-6-8-11/h11-12,17H,2-10H2,1H3,(H2,15,19)(H,16,18). The molecule has 0 aromatic heterocycles. The van der Waals surface area contributed by atoms with E-state index in [9.17, 15) is 9.59 Å². The van der Waals surface area contributed by atoms with Crippen LogP contribution in [0.15, 0.2) is 0 Å². The first-order chi connectivity index (χ1) is 9.13. The van der Waals surface area contributed by atoms with Crippen LogP contribution in [0.3, 0.4) is 0 Å². The van der Waals surface area contributed by atoms with Gasteiger partial charge in [0.05, 0.1) is 12.5 Å². The van der Waals surface area contributed by atoms with Crippen molar-refractivity contribution in [2.24, 2.45) is 5.73 Å². The molecule has 5 heteroatoms. The van der Waals surface area contributed by atoms with E-state index >= 15 is 0 Å². The molecule has 0 saturated heterocycles. The highest BCUT2D eigenvalue weighted by molar-refractivity contribution is 5.87. The van der Waals surface area contributed by atoms with Crippen LogP contribution >= 0.6 is 0 Å². The molecule has 1 aliphatic carbocycles. The maximum atomic E-state index is 11.7. The molecular formula is C14H27N3O2. The van der Waals surface area contributed by atoms with Crippen molar-refractivity contribution in [3.8, 4) is 0 Å². The molecule has 0 aromatic carbocycles. The van der Waals surface area contributed by atoms with E-state index in [1.807, 2.05) is 6.92 Å². The van der Waals surface area contributed by atoms with Gasteiger partial charge in [-0.05, 0) is 19.3 Å². The van der Waals surface area contributed by atoms with Crippen molar-refractivity contribution < 1.29 is 9.59 Å². The minimum atomic E-state index is -0.542. The van der Waals surface area contributed by atoms with E-state index in [-0.39, 0.29) is 12.3 Å². The highest BCUT2D eigenvalue weighted by Gasteiger charge is 2.23. The van der Waals surface area contributed by atoms with E-state index in [2.05, 4.69) is 10.6 Å². The zero-order valence-corrected chi connectivity index (χ0v) is 11.9. The minimum Gasteiger partial charge on any atom is -0.368 e. The fourth-order valence-corrected chi connectivity index (χ4v) is 2.49. The van der Waals surface area contributed by atoms with Crippen LogP contribution in [-0.4, -0.2) is 30.4 Å². The molecule has 110 valence electrons. The van der Waals surface area contributed by atoms with E-state index in [0.717, 1.165) is 19.3 Å². The maximum Gasteiger partial charge on any atom is 0.235 e. The lowest BCUT2D eigenvalue weighted by atomic mass is 10.1. The molecule has 0 heterocycles. The van der Waals surface area contributed by atoms with Gasteiger partial charge in [0, 0.05) is 12.6 Å². The molecule has 5 nitrogen and oxygen atoms in total. The topological polar surface area (TPSA) is 84.2 Å². The van der Waals surface area contributed by atoms with Gasteiger partial charge >= 0.3 is 0 Å². The lowest BCUT2D eigenvalue weighted by Gasteiger charge is -2.22. The van der Waals surface area contributed by atoms with Gasteiger partial charge in [-0.1, -0.05) is 32.6 Å². The Kier molecular flexibility index (Phi) is 7.48. The molecule has 1 aliphatic rings. The van der Waals surface area contributed by atoms with Gasteiger partial charge in [-0.3, -0.25) is 9.59 Å². The van der Waals surface area contributed by atoms with Crippen LogP contribution in [-0.2, 0) is 9.59 Å². The Bertz CT molecular complexity index is 286. The highest BCUT2D eigenvalue weighted by atomic mass is 16.2. The smallest absolute Gasteiger partial charge is 0.235 e. The summed E-state index contributed by atoms with van der Waals surface area (Å²) in [5.74, 6) is -0.539. The molecular weight excluding hydrogens is 242 g/mol. The van der Waals surface area contributed by atoms with Crippen molar-refractivity contribution in [1.82, 2.24) is 10.6 Å². The van der Waals surface area contributed by atoms with Gasteiger partial charge in [-0.25, -0.2) is 0 Å². The molecule has 0 aromatic rings. The average molecular weight is 269 g/mol. The Morgan fingerprint density at radius 3 is 2.37 bits per heavy atom. The summed E-state index contributed by atoms with van der Waals surface area (Å²) >= 11 is 0. The lowest BCUT2D eigenvalue weighted by molar-refractivity contribution is -0.126. The summed E-state index contributed by atoms with van der Waals surface area (Å²) in [6.45, 7) is 2.64. The zero-order chi connectivity index (χ0) is 14.1. The van der Waals surface area contributed by atoms with Crippen LogP contribution in [0.2, 0.25) is 0 Å². The first-order valence-electron chi connectivity index (χ1n) is 7.45. The van der Waals surface area contributed by atoms with Crippen LogP contribution in [0.5, 0.6) is 0 Å². The molecule has 1 fully saturated rings. The zero-order valence-electron chi connectivity index (χ0n) is 11.9. The van der Waals surface area contributed by atoms with E-state index in [1.54, 1.807) is 0 Å². The summed E-state index contributed by atoms with van der Waals surface area (Å²) in [5.41, 5.74) is 5.39. The van der Waals surface area contributed by atoms with Crippen molar-refractivity contribution in [1.29, 1.82) is 0 Å². The summed E-state index contributed by atoms with van der Waals surface area (Å²) in [7, 11) is 0. The van der Waals surface area contributed by atoms with Crippen molar-refractivity contribution in [3.05, 3.63) is 0 Å². The number of nitrogens with one attached hydrogen (secondary N) is 2. The second kappa shape index (κ2) is 8.91. The Morgan fingerprint density at radius 1 is 1.21 bits per heavy atom. The van der Waals surface area contributed by atoms with Crippen LogP contribution < -0.4 is 16.4 Å². The van der Waals surface area contributed by atoms with E-state index in [1.165, 1.54) is 25.7 Å². The van der Waals surface area contributed by atoms with Crippen LogP contribution in [0.1, 0.15) is 58.3 Å². The quantitative estimate of drug-likeness (QED) is 0.604. The molecule has 19 heavy (non-hydrogen) atoms. The molecule has 0 bridgehead atoms. The van der Waals surface area contributed by atoms with Crippen LogP contribution in [0.4, 0.5) is 0 Å². The monoisotopic (exact) mass is 269 g/mol. The second-order valence-corrected chi connectivity index (χ2v) is 5.36. The number of amides is 2. The fraction of sp³-hybridized carbons (Fsp3) is 0.857. The fourth-order valence-electron chi connectivity index (χ4n) is 2.49. The largest absolute Gasteiger partial charge is 0.368 e. The molecule has 1 unspecified atom stereocenters. The number of primary amides is 1. The second-order valence-electron chi connectivity index (χ2n) is 5.36. The van der Waals surface area contributed by atoms with Gasteiger partial charge in [0.1, 0.15) is 0 Å². The maximum absolute atomic E-state index is 11.7. The first kappa shape index (κ1) is 16.0. The van der Waals surface area contributed by atoms with E-state index in [0.29, 0.717) is 12.6 Å². The van der Waals surface area contributed by atoms with Gasteiger partial charge in [-0.15, -0.1) is 0 Å². The Morgan fingerprint density at radius 2 is 1.84 bits per heavy atom. The highest BCUT2D eigenvalue weighted by Crippen LogP contribution is 2.17. The predicted molar refractivity (Wildman–Crippen MR) is 75.5 cm³/mol. The van der Waals surface area contributed by atoms with Gasteiger partial charge in [-0.2, -0.15) is 0 Å². The number of hydrogen-bond acceptors (Lipinski definition) is 3. The Hall–Kier alpha value is -1.10. The molecule has 0 aliphatic heterocycles. The van der Waals surface area contributed by atoms with E-state index in [4.69, 9.17) is 5.73 Å². The van der Waals surface area contributed by atoms with Crippen LogP contribution in [0, 0.1) is 0 Å². The molecule has 4 N–H and O–H groups in total. The molecule has 1 atom stereocenters. The number of carbonyl (C=O) groups excluding carboxylic acids is 2. The van der Waals surface area contributed by atoms with Gasteiger partial charge in [0.15, 0.2) is 0 Å². The normalized spacial score (nSPS) is 18.6. The lowest BCUT2D eigenvalue weighted by Crippen LogP contribution is -2.48. The Balaban J connectivity index is 2.42. The van der Waals surface area contributed by atoms with Crippen LogP contribution in [0.25, 0.3) is 0 Å². The Labute approximate surface area is 115 Å². The third-order valence-electron chi connectivity index (χ3n) is 3.60. The average Bonchev–Trinajstić information content (AvgIpc) is 2.64. The van der Waals surface area contributed by atoms with Crippen molar-refractivity contribution in [3.63, 3.8) is 0 Å². The first-order valence-corrected chi connectivity index (χ1v) is 7.45. The molecule has 1 saturated carbocycles. The van der Waals surface area contributed by atoms with Crippen molar-refractivity contribution in [2.45, 2.75) is 70.4 Å². The number of carbonyl (C=O) groups is 2. The number of rotatable bonds is 7. The number of hydrogen-bond donors (Lipinski definition) is 3. The third-order valence-corrected chi connectivity index (χ3v) is 3.60. The number of nitrogens with two attached hydrogens (primary N) is 1. The van der Waals surface area contributed by atoms with E-state index < -0.39 is 11.9 Å². The molecule has 2 amide bonds. The van der Waals surface area contributed by atoms with Gasteiger partial charge in [0.25, 0.3) is 0 Å². The summed E-state index contributed by atoms with van der Waals surface area (Å²) in [5, 5.41) is 6.05.